The summed E-state index contributed by atoms with van der Waals surface area (Å²) in [5, 5.41) is 4.48. The first kappa shape index (κ1) is 18.8. The number of hydrogen-bond donors (Lipinski definition) is 1. The van der Waals surface area contributed by atoms with Crippen molar-refractivity contribution < 1.29 is 4.79 Å². The van der Waals surface area contributed by atoms with Crippen molar-refractivity contribution in [3.05, 3.63) is 95.6 Å². The zero-order chi connectivity index (χ0) is 19.2. The predicted molar refractivity (Wildman–Crippen MR) is 112 cm³/mol. The predicted octanol–water partition coefficient (Wildman–Crippen LogP) is 5.22. The lowest BCUT2D eigenvalue weighted by atomic mass is 9.85. The van der Waals surface area contributed by atoms with Gasteiger partial charge in [-0.2, -0.15) is 5.10 Å². The first-order valence-electron chi connectivity index (χ1n) is 9.35. The first-order valence-corrected chi connectivity index (χ1v) is 9.35. The molecule has 0 saturated heterocycles. The Balaban J connectivity index is 1.84. The number of amides is 1. The fourth-order valence-electron chi connectivity index (χ4n) is 3.40. The van der Waals surface area contributed by atoms with E-state index in [9.17, 15) is 4.79 Å². The van der Waals surface area contributed by atoms with E-state index in [1.54, 1.807) is 0 Å². The molecule has 0 saturated carbocycles. The van der Waals surface area contributed by atoms with Crippen molar-refractivity contribution in [2.45, 2.75) is 32.6 Å². The molecular formula is C24H26N2O. The van der Waals surface area contributed by atoms with Crippen LogP contribution in [0, 0.1) is 5.92 Å². The van der Waals surface area contributed by atoms with Crippen molar-refractivity contribution in [1.82, 2.24) is 5.43 Å². The van der Waals surface area contributed by atoms with Crippen LogP contribution in [-0.2, 0) is 4.79 Å². The molecule has 3 rings (SSSR count). The van der Waals surface area contributed by atoms with E-state index in [2.05, 4.69) is 30.1 Å². The van der Waals surface area contributed by atoms with Crippen molar-refractivity contribution >= 4 is 11.6 Å². The van der Waals surface area contributed by atoms with Crippen molar-refractivity contribution in [3.63, 3.8) is 0 Å². The molecule has 1 unspecified atom stereocenters. The number of nitrogens with one attached hydrogen (secondary N) is 1. The summed E-state index contributed by atoms with van der Waals surface area (Å²) in [6.45, 7) is 8.17. The lowest BCUT2D eigenvalue weighted by molar-refractivity contribution is -0.121. The van der Waals surface area contributed by atoms with Crippen LogP contribution in [0.3, 0.4) is 0 Å². The SMILES string of the molecule is C=C(C)C1CC=C(C)C(=NNC(=O)C(c2ccccc2)c2ccccc2)C1. The van der Waals surface area contributed by atoms with Gasteiger partial charge in [0.05, 0.1) is 11.6 Å². The summed E-state index contributed by atoms with van der Waals surface area (Å²) in [5.41, 5.74) is 7.95. The normalized spacial score (nSPS) is 18.3. The third-order valence-corrected chi connectivity index (χ3v) is 5.13. The van der Waals surface area contributed by atoms with Crippen LogP contribution in [0.2, 0.25) is 0 Å². The molecule has 1 atom stereocenters. The van der Waals surface area contributed by atoms with Gasteiger partial charge in [0, 0.05) is 0 Å². The third kappa shape index (κ3) is 4.62. The van der Waals surface area contributed by atoms with Gasteiger partial charge in [0.2, 0.25) is 0 Å². The van der Waals surface area contributed by atoms with Gasteiger partial charge in [-0.05, 0) is 49.3 Å². The molecule has 2 aromatic carbocycles. The molecule has 27 heavy (non-hydrogen) atoms. The molecule has 3 heteroatoms. The van der Waals surface area contributed by atoms with Gasteiger partial charge in [-0.25, -0.2) is 5.43 Å². The standard InChI is InChI=1S/C24H26N2O/c1-17(2)21-15-14-18(3)22(16-21)25-26-24(27)23(19-10-6-4-7-11-19)20-12-8-5-9-13-20/h4-14,21,23H,1,15-16H2,2-3H3,(H,26,27). The minimum absolute atomic E-state index is 0.120. The Morgan fingerprint density at radius 3 is 2.15 bits per heavy atom. The highest BCUT2D eigenvalue weighted by atomic mass is 16.2. The van der Waals surface area contributed by atoms with Crippen molar-refractivity contribution in [2.24, 2.45) is 11.0 Å². The number of carbonyl (C=O) groups is 1. The van der Waals surface area contributed by atoms with Crippen LogP contribution < -0.4 is 5.43 Å². The average molecular weight is 358 g/mol. The maximum Gasteiger partial charge on any atom is 0.252 e. The lowest BCUT2D eigenvalue weighted by Crippen LogP contribution is -2.28. The minimum Gasteiger partial charge on any atom is -0.272 e. The Morgan fingerprint density at radius 1 is 1.07 bits per heavy atom. The molecular weight excluding hydrogens is 332 g/mol. The van der Waals surface area contributed by atoms with E-state index >= 15 is 0 Å². The van der Waals surface area contributed by atoms with Gasteiger partial charge in [0.25, 0.3) is 5.91 Å². The third-order valence-electron chi connectivity index (χ3n) is 5.13. The van der Waals surface area contributed by atoms with Crippen LogP contribution in [-0.4, -0.2) is 11.6 Å². The molecule has 0 fully saturated rings. The first-order chi connectivity index (χ1) is 13.1. The highest BCUT2D eigenvalue weighted by molar-refractivity contribution is 6.01. The highest BCUT2D eigenvalue weighted by Crippen LogP contribution is 2.27. The molecule has 0 spiro atoms. The van der Waals surface area contributed by atoms with E-state index < -0.39 is 0 Å². The fraction of sp³-hybridized carbons (Fsp3) is 0.250. The second-order valence-electron chi connectivity index (χ2n) is 7.16. The van der Waals surface area contributed by atoms with Crippen LogP contribution in [0.1, 0.15) is 43.7 Å². The van der Waals surface area contributed by atoms with Gasteiger partial charge in [0.1, 0.15) is 0 Å². The van der Waals surface area contributed by atoms with Crippen molar-refractivity contribution in [3.8, 4) is 0 Å². The fourth-order valence-corrected chi connectivity index (χ4v) is 3.40. The number of rotatable bonds is 5. The number of carbonyl (C=O) groups excluding carboxylic acids is 1. The van der Waals surface area contributed by atoms with E-state index in [1.165, 1.54) is 0 Å². The van der Waals surface area contributed by atoms with Crippen molar-refractivity contribution in [2.75, 3.05) is 0 Å². The molecule has 138 valence electrons. The van der Waals surface area contributed by atoms with Crippen LogP contribution in [0.15, 0.2) is 89.6 Å². The van der Waals surface area contributed by atoms with Gasteiger partial charge in [0.15, 0.2) is 0 Å². The molecule has 0 radical (unpaired) electrons. The zero-order valence-electron chi connectivity index (χ0n) is 16.0. The van der Waals surface area contributed by atoms with Crippen molar-refractivity contribution in [1.29, 1.82) is 0 Å². The van der Waals surface area contributed by atoms with Crippen LogP contribution in [0.25, 0.3) is 0 Å². The summed E-state index contributed by atoms with van der Waals surface area (Å²) in [6.07, 6.45) is 3.99. The molecule has 1 amide bonds. The Bertz CT molecular complexity index is 826. The molecule has 0 aromatic heterocycles. The molecule has 0 bridgehead atoms. The largest absolute Gasteiger partial charge is 0.272 e. The van der Waals surface area contributed by atoms with Gasteiger partial charge < -0.3 is 0 Å². The molecule has 3 nitrogen and oxygen atoms in total. The van der Waals surface area contributed by atoms with Gasteiger partial charge in [-0.15, -0.1) is 0 Å². The smallest absolute Gasteiger partial charge is 0.252 e. The summed E-state index contributed by atoms with van der Waals surface area (Å²) >= 11 is 0. The number of allylic oxidation sites excluding steroid dienone is 3. The minimum atomic E-state index is -0.387. The van der Waals surface area contributed by atoms with E-state index in [-0.39, 0.29) is 11.8 Å². The Morgan fingerprint density at radius 2 is 1.63 bits per heavy atom. The molecule has 1 aliphatic carbocycles. The second kappa shape index (κ2) is 8.63. The quantitative estimate of drug-likeness (QED) is 0.577. The summed E-state index contributed by atoms with van der Waals surface area (Å²) in [5.74, 6) is -0.116. The van der Waals surface area contributed by atoms with Gasteiger partial charge in [-0.3, -0.25) is 4.79 Å². The molecule has 0 aliphatic heterocycles. The summed E-state index contributed by atoms with van der Waals surface area (Å²) < 4.78 is 0. The van der Waals surface area contributed by atoms with E-state index in [4.69, 9.17) is 0 Å². The lowest BCUT2D eigenvalue weighted by Gasteiger charge is -2.23. The number of hydrogen-bond acceptors (Lipinski definition) is 2. The average Bonchev–Trinajstić information content (AvgIpc) is 2.69. The topological polar surface area (TPSA) is 41.5 Å². The summed E-state index contributed by atoms with van der Waals surface area (Å²) in [4.78, 5) is 13.1. The summed E-state index contributed by atoms with van der Waals surface area (Å²) in [6, 6.07) is 19.6. The van der Waals surface area contributed by atoms with Crippen LogP contribution in [0.5, 0.6) is 0 Å². The molecule has 2 aromatic rings. The maximum atomic E-state index is 13.1. The number of hydrazone groups is 1. The molecule has 0 heterocycles. The van der Waals surface area contributed by atoms with Gasteiger partial charge >= 0.3 is 0 Å². The van der Waals surface area contributed by atoms with Crippen LogP contribution in [0.4, 0.5) is 0 Å². The second-order valence-corrected chi connectivity index (χ2v) is 7.16. The molecule has 1 N–H and O–H groups in total. The number of benzene rings is 2. The van der Waals surface area contributed by atoms with E-state index in [1.807, 2.05) is 67.6 Å². The zero-order valence-corrected chi connectivity index (χ0v) is 16.0. The van der Waals surface area contributed by atoms with Crippen LogP contribution >= 0.6 is 0 Å². The maximum absolute atomic E-state index is 13.1. The highest BCUT2D eigenvalue weighted by Gasteiger charge is 2.23. The van der Waals surface area contributed by atoms with E-state index in [0.29, 0.717) is 5.92 Å². The van der Waals surface area contributed by atoms with Gasteiger partial charge in [-0.1, -0.05) is 78.9 Å². The summed E-state index contributed by atoms with van der Waals surface area (Å²) in [7, 11) is 0. The monoisotopic (exact) mass is 358 g/mol. The van der Waals surface area contributed by atoms with E-state index in [0.717, 1.165) is 40.8 Å². The Kier molecular flexibility index (Phi) is 6.02. The Hall–Kier alpha value is -2.94. The molecule has 1 aliphatic rings. The number of nitrogens with zero attached hydrogens (tertiary/aromatic N) is 1. The Labute approximate surface area is 161 Å².